The van der Waals surface area contributed by atoms with E-state index in [1.54, 1.807) is 0 Å². The number of allylic oxidation sites excluding steroid dienone is 2. The molecule has 0 saturated heterocycles. The molecule has 3 N–H and O–H groups in total. The van der Waals surface area contributed by atoms with Gasteiger partial charge in [-0.2, -0.15) is 0 Å². The third kappa shape index (κ3) is 5.50. The molecular weight excluding hydrogens is 542 g/mol. The molecule has 4 aliphatic carbocycles. The number of aliphatic hydroxyl groups is 1. The van der Waals surface area contributed by atoms with Crippen molar-refractivity contribution in [2.45, 2.75) is 83.8 Å². The average molecular weight is 584 g/mol. The van der Waals surface area contributed by atoms with Crippen LogP contribution >= 0.6 is 0 Å². The van der Waals surface area contributed by atoms with Crippen LogP contribution in [0.3, 0.4) is 0 Å². The zero-order valence-electron chi connectivity index (χ0n) is 24.5. The van der Waals surface area contributed by atoms with Gasteiger partial charge in [0.25, 0.3) is 5.91 Å². The van der Waals surface area contributed by atoms with Gasteiger partial charge in [0.15, 0.2) is 12.4 Å². The second kappa shape index (κ2) is 11.7. The molecule has 4 aliphatic rings. The van der Waals surface area contributed by atoms with Crippen molar-refractivity contribution in [2.24, 2.45) is 33.7 Å². The van der Waals surface area contributed by atoms with Crippen molar-refractivity contribution in [1.82, 2.24) is 5.32 Å². The van der Waals surface area contributed by atoms with Crippen LogP contribution in [0.15, 0.2) is 35.0 Å². The lowest BCUT2D eigenvalue weighted by Crippen LogP contribution is -2.51. The highest BCUT2D eigenvalue weighted by atomic mass is 16.6. The normalized spacial score (nSPS) is 33.4. The molecule has 0 spiro atoms. The zero-order chi connectivity index (χ0) is 30.2. The van der Waals surface area contributed by atoms with E-state index in [2.05, 4.69) is 30.4 Å². The number of fused-ring (bicyclic) bond motifs is 5. The maximum Gasteiger partial charge on any atom is 0.328 e. The van der Waals surface area contributed by atoms with E-state index in [4.69, 9.17) is 9.57 Å². The van der Waals surface area contributed by atoms with Gasteiger partial charge in [-0.15, -0.1) is 0 Å². The Bertz CT molecular complexity index is 1310. The fraction of sp³-hybridized carbons (Fsp3) is 0.645. The third-order valence-electron chi connectivity index (χ3n) is 10.8. The molecule has 0 unspecified atom stereocenters. The maximum absolute atomic E-state index is 12.6. The Morgan fingerprint density at radius 3 is 2.69 bits per heavy atom. The van der Waals surface area contributed by atoms with Crippen LogP contribution in [0.1, 0.15) is 70.8 Å². The minimum absolute atomic E-state index is 0.0589. The molecule has 42 heavy (non-hydrogen) atoms. The van der Waals surface area contributed by atoms with Crippen LogP contribution in [-0.4, -0.2) is 58.6 Å². The summed E-state index contributed by atoms with van der Waals surface area (Å²) in [7, 11) is 1.18. The predicted octanol–water partition coefficient (Wildman–Crippen LogP) is 4.20. The number of aromatic hydroxyl groups is 1. The van der Waals surface area contributed by atoms with Gasteiger partial charge in [0.2, 0.25) is 0 Å². The van der Waals surface area contributed by atoms with Crippen molar-refractivity contribution in [3.63, 3.8) is 0 Å². The number of esters is 1. The number of rotatable bonds is 8. The molecular formula is C31H41N3O8. The van der Waals surface area contributed by atoms with Gasteiger partial charge in [0.1, 0.15) is 6.04 Å². The number of methoxy groups -OCH3 is 1. The number of nitro benzene ring substituents is 1. The number of carbonyl (C=O) groups is 2. The molecule has 3 fully saturated rings. The molecule has 1 aromatic carbocycles. The molecule has 1 aromatic rings. The molecule has 11 nitrogen and oxygen atoms in total. The molecule has 0 bridgehead atoms. The number of nitro groups is 1. The number of amides is 1. The molecule has 0 aromatic heterocycles. The lowest BCUT2D eigenvalue weighted by molar-refractivity contribution is -0.385. The van der Waals surface area contributed by atoms with Crippen molar-refractivity contribution < 1.29 is 34.3 Å². The summed E-state index contributed by atoms with van der Waals surface area (Å²) in [6.07, 6.45) is 10.0. The van der Waals surface area contributed by atoms with E-state index in [0.717, 1.165) is 63.1 Å². The molecule has 0 radical (unpaired) electrons. The Morgan fingerprint density at radius 2 is 1.95 bits per heavy atom. The monoisotopic (exact) mass is 583 g/mol. The lowest BCUT2D eigenvalue weighted by Gasteiger charge is -2.57. The fourth-order valence-electron chi connectivity index (χ4n) is 8.44. The number of nitrogens with zero attached hydrogens (tertiary/aromatic N) is 2. The smallest absolute Gasteiger partial charge is 0.328 e. The van der Waals surface area contributed by atoms with E-state index >= 15 is 0 Å². The van der Waals surface area contributed by atoms with Gasteiger partial charge in [-0.25, -0.2) is 4.79 Å². The van der Waals surface area contributed by atoms with Crippen molar-refractivity contribution >= 4 is 23.3 Å². The molecule has 3 saturated carbocycles. The summed E-state index contributed by atoms with van der Waals surface area (Å²) >= 11 is 0. The largest absolute Gasteiger partial charge is 0.502 e. The first-order chi connectivity index (χ1) is 20.0. The number of phenols is 1. The van der Waals surface area contributed by atoms with E-state index in [-0.39, 0.29) is 23.4 Å². The summed E-state index contributed by atoms with van der Waals surface area (Å²) in [5, 5.41) is 38.3. The number of hydrogen-bond acceptors (Lipinski definition) is 9. The first kappa shape index (κ1) is 30.0. The summed E-state index contributed by atoms with van der Waals surface area (Å²) in [6, 6.07) is 2.66. The molecule has 11 heteroatoms. The Balaban J connectivity index is 1.19. The third-order valence-corrected chi connectivity index (χ3v) is 10.8. The first-order valence-corrected chi connectivity index (χ1v) is 14.9. The summed E-state index contributed by atoms with van der Waals surface area (Å²) < 4.78 is 4.79. The number of benzene rings is 1. The molecule has 0 heterocycles. The molecule has 5 rings (SSSR count). The quantitative estimate of drug-likeness (QED) is 0.233. The highest BCUT2D eigenvalue weighted by Crippen LogP contribution is 2.65. The van der Waals surface area contributed by atoms with Crippen LogP contribution < -0.4 is 5.32 Å². The van der Waals surface area contributed by atoms with Crippen molar-refractivity contribution in [1.29, 1.82) is 0 Å². The number of phenolic OH excluding ortho intramolecular Hbond substituents is 1. The Labute approximate surface area is 245 Å². The van der Waals surface area contributed by atoms with Gasteiger partial charge in [0.05, 0.1) is 23.8 Å². The number of oxime groups is 1. The summed E-state index contributed by atoms with van der Waals surface area (Å²) in [6.45, 7) is 4.29. The molecule has 1 amide bonds. The topological polar surface area (TPSA) is 161 Å². The number of nitrogens with one attached hydrogen (secondary N) is 1. The van der Waals surface area contributed by atoms with Crippen LogP contribution in [0, 0.1) is 38.7 Å². The predicted molar refractivity (Wildman–Crippen MR) is 154 cm³/mol. The van der Waals surface area contributed by atoms with Gasteiger partial charge in [-0.05, 0) is 97.7 Å². The van der Waals surface area contributed by atoms with Crippen LogP contribution in [0.25, 0.3) is 0 Å². The maximum atomic E-state index is 12.6. The highest BCUT2D eigenvalue weighted by molar-refractivity contribution is 5.96. The first-order valence-electron chi connectivity index (χ1n) is 14.9. The van der Waals surface area contributed by atoms with Crippen LogP contribution in [0.4, 0.5) is 5.69 Å². The minimum Gasteiger partial charge on any atom is -0.502 e. The van der Waals surface area contributed by atoms with E-state index < -0.39 is 40.9 Å². The average Bonchev–Trinajstić information content (AvgIpc) is 3.27. The van der Waals surface area contributed by atoms with Crippen molar-refractivity contribution in [2.75, 3.05) is 13.7 Å². The number of ether oxygens (including phenoxy) is 1. The van der Waals surface area contributed by atoms with E-state index in [1.165, 1.54) is 24.8 Å². The van der Waals surface area contributed by atoms with Gasteiger partial charge in [-0.1, -0.05) is 30.6 Å². The highest BCUT2D eigenvalue weighted by Gasteiger charge is 2.58. The van der Waals surface area contributed by atoms with E-state index in [9.17, 15) is 29.9 Å². The standard InChI is InChI=1S/C31H41N3O8/c1-30-12-10-20(16-19(30)5-6-21-22-7-9-27(36)31(22,2)13-11-23(21)30)33-42-17-28(37)32-24(29(38)41-3)14-18-4-8-26(35)25(15-18)34(39)40/h4,8,15-16,21-24,27,35-36H,5-7,9-14,17H2,1-3H3,(H,32,37)/t21-,22+,23+,24+,27+,30+,31+/m1/s1. The van der Waals surface area contributed by atoms with Crippen LogP contribution in [0.2, 0.25) is 0 Å². The van der Waals surface area contributed by atoms with Gasteiger partial charge >= 0.3 is 11.7 Å². The number of carbonyl (C=O) groups excluding carboxylic acids is 2. The Hall–Kier alpha value is -3.47. The molecule has 228 valence electrons. The molecule has 7 atom stereocenters. The van der Waals surface area contributed by atoms with Gasteiger partial charge in [0, 0.05) is 12.5 Å². The molecule has 0 aliphatic heterocycles. The van der Waals surface area contributed by atoms with E-state index in [1.807, 2.05) is 0 Å². The van der Waals surface area contributed by atoms with Crippen molar-refractivity contribution in [3.8, 4) is 5.75 Å². The summed E-state index contributed by atoms with van der Waals surface area (Å²) in [4.78, 5) is 40.7. The zero-order valence-corrected chi connectivity index (χ0v) is 24.5. The second-order valence-corrected chi connectivity index (χ2v) is 12.9. The fourth-order valence-corrected chi connectivity index (χ4v) is 8.44. The van der Waals surface area contributed by atoms with Crippen molar-refractivity contribution in [3.05, 3.63) is 45.5 Å². The Morgan fingerprint density at radius 1 is 1.17 bits per heavy atom. The number of hydrogen-bond donors (Lipinski definition) is 3. The van der Waals surface area contributed by atoms with E-state index in [0.29, 0.717) is 23.3 Å². The summed E-state index contributed by atoms with van der Waals surface area (Å²) in [5.41, 5.74) is 2.25. The van der Waals surface area contributed by atoms with Crippen LogP contribution in [-0.2, 0) is 25.6 Å². The van der Waals surface area contributed by atoms with Gasteiger partial charge in [-0.3, -0.25) is 14.9 Å². The van der Waals surface area contributed by atoms with Gasteiger partial charge < -0.3 is 25.1 Å². The minimum atomic E-state index is -1.10. The number of aliphatic hydroxyl groups excluding tert-OH is 1. The summed E-state index contributed by atoms with van der Waals surface area (Å²) in [5.74, 6) is 0.0699. The SMILES string of the molecule is COC(=O)[C@H](Cc1ccc(O)c([N+](=O)[O-])c1)NC(=O)CON=C1C=C2CC[C@@H]3[C@@H]4CC[C@H](O)[C@@]4(C)CC[C@@H]3[C@@]2(C)CC1. The second-order valence-electron chi connectivity index (χ2n) is 12.9. The van der Waals surface area contributed by atoms with Crippen LogP contribution in [0.5, 0.6) is 5.75 Å². The lowest BCUT2D eigenvalue weighted by atomic mass is 9.47. The Kier molecular flexibility index (Phi) is 8.33.